The van der Waals surface area contributed by atoms with Crippen molar-refractivity contribution in [3.8, 4) is 0 Å². The van der Waals surface area contributed by atoms with E-state index < -0.39 is 20.9 Å². The van der Waals surface area contributed by atoms with Crippen molar-refractivity contribution in [2.24, 2.45) is 0 Å². The highest BCUT2D eigenvalue weighted by atomic mass is 31.2. The van der Waals surface area contributed by atoms with Gasteiger partial charge in [-0.15, -0.1) is 0 Å². The smallest absolute Gasteiger partial charge is 0.341 e. The summed E-state index contributed by atoms with van der Waals surface area (Å²) in [7, 11) is -1.90. The van der Waals surface area contributed by atoms with E-state index in [0.717, 1.165) is 0 Å². The van der Waals surface area contributed by atoms with Crippen molar-refractivity contribution in [3.05, 3.63) is 24.2 Å². The maximum absolute atomic E-state index is 12.5. The molecule has 1 unspecified atom stereocenters. The first-order chi connectivity index (χ1) is 8.94. The first-order valence-electron chi connectivity index (χ1n) is 5.39. The third kappa shape index (κ3) is 3.78. The molecule has 7 nitrogen and oxygen atoms in total. The van der Waals surface area contributed by atoms with E-state index >= 15 is 0 Å². The van der Waals surface area contributed by atoms with Crippen molar-refractivity contribution < 1.29 is 31.6 Å². The lowest BCUT2D eigenvalue weighted by Gasteiger charge is -2.25. The number of hydrogen-bond donors (Lipinski definition) is 0. The number of furan rings is 1. The predicted octanol–water partition coefficient (Wildman–Crippen LogP) is 3.29. The van der Waals surface area contributed by atoms with Crippen LogP contribution in [-0.4, -0.2) is 34.6 Å². The SMILES string of the molecule is COP(=O)(CC(c1ccco1)P(=O)(OC)OC)OC. The van der Waals surface area contributed by atoms with Gasteiger partial charge in [0.15, 0.2) is 0 Å². The standard InChI is InChI=1S/C10H18O7P2/c1-13-18(11,14-2)8-10(9-6-5-7-17-9)19(12,15-3)16-4/h5-7,10H,8H2,1-4H3. The van der Waals surface area contributed by atoms with E-state index in [2.05, 4.69) is 0 Å². The molecule has 9 heteroatoms. The van der Waals surface area contributed by atoms with Crippen molar-refractivity contribution in [3.63, 3.8) is 0 Å². The number of rotatable bonds is 8. The summed E-state index contributed by atoms with van der Waals surface area (Å²) >= 11 is 0. The molecule has 0 N–H and O–H groups in total. The molecule has 0 aliphatic carbocycles. The molecule has 0 fully saturated rings. The molecular weight excluding hydrogens is 294 g/mol. The fourth-order valence-electron chi connectivity index (χ4n) is 1.59. The summed E-state index contributed by atoms with van der Waals surface area (Å²) in [6, 6.07) is 3.23. The zero-order chi connectivity index (χ0) is 14.5. The second-order valence-electron chi connectivity index (χ2n) is 3.59. The molecule has 110 valence electrons. The lowest BCUT2D eigenvalue weighted by molar-refractivity contribution is 0.252. The van der Waals surface area contributed by atoms with Crippen molar-refractivity contribution >= 4 is 15.2 Å². The van der Waals surface area contributed by atoms with Gasteiger partial charge in [0.1, 0.15) is 11.4 Å². The second kappa shape index (κ2) is 6.84. The van der Waals surface area contributed by atoms with E-state index in [1.54, 1.807) is 12.1 Å². The van der Waals surface area contributed by atoms with Crippen molar-refractivity contribution in [2.75, 3.05) is 34.6 Å². The third-order valence-electron chi connectivity index (χ3n) is 2.72. The van der Waals surface area contributed by atoms with Crippen LogP contribution in [0.2, 0.25) is 0 Å². The van der Waals surface area contributed by atoms with E-state index in [9.17, 15) is 9.13 Å². The van der Waals surface area contributed by atoms with Gasteiger partial charge in [-0.1, -0.05) is 0 Å². The molecule has 0 aromatic carbocycles. The summed E-state index contributed by atoms with van der Waals surface area (Å²) in [5.41, 5.74) is -0.872. The highest BCUT2D eigenvalue weighted by Crippen LogP contribution is 2.65. The summed E-state index contributed by atoms with van der Waals surface area (Å²) in [5, 5.41) is 0. The van der Waals surface area contributed by atoms with E-state index in [1.807, 2.05) is 0 Å². The molecule has 0 amide bonds. The molecule has 0 aliphatic heterocycles. The Morgan fingerprint density at radius 1 is 1.11 bits per heavy atom. The Balaban J connectivity index is 3.15. The van der Waals surface area contributed by atoms with E-state index in [4.69, 9.17) is 22.5 Å². The van der Waals surface area contributed by atoms with Gasteiger partial charge >= 0.3 is 15.2 Å². The predicted molar refractivity (Wildman–Crippen MR) is 69.6 cm³/mol. The topological polar surface area (TPSA) is 84.2 Å². The monoisotopic (exact) mass is 312 g/mol. The van der Waals surface area contributed by atoms with Crippen LogP contribution in [0.1, 0.15) is 11.4 Å². The lowest BCUT2D eigenvalue weighted by Crippen LogP contribution is -2.10. The minimum absolute atomic E-state index is 0.174. The minimum atomic E-state index is -3.53. The van der Waals surface area contributed by atoms with E-state index in [-0.39, 0.29) is 6.16 Å². The largest absolute Gasteiger partial charge is 0.468 e. The van der Waals surface area contributed by atoms with Gasteiger partial charge in [0.25, 0.3) is 0 Å². The van der Waals surface area contributed by atoms with Crippen LogP contribution in [0.4, 0.5) is 0 Å². The molecule has 0 saturated carbocycles. The van der Waals surface area contributed by atoms with Crippen LogP contribution in [0, 0.1) is 0 Å². The molecule has 1 rings (SSSR count). The molecule has 0 saturated heterocycles. The summed E-state index contributed by atoms with van der Waals surface area (Å²) in [4.78, 5) is 0. The van der Waals surface area contributed by atoms with Gasteiger partial charge in [0.05, 0.1) is 12.4 Å². The summed E-state index contributed by atoms with van der Waals surface area (Å²) in [6.07, 6.45) is 1.25. The molecule has 0 bridgehead atoms. The molecule has 19 heavy (non-hydrogen) atoms. The maximum atomic E-state index is 12.5. The quantitative estimate of drug-likeness (QED) is 0.681. The van der Waals surface area contributed by atoms with Gasteiger partial charge in [-0.2, -0.15) is 0 Å². The second-order valence-corrected chi connectivity index (χ2v) is 8.35. The zero-order valence-corrected chi connectivity index (χ0v) is 13.1. The summed E-state index contributed by atoms with van der Waals surface area (Å²) < 4.78 is 49.6. The van der Waals surface area contributed by atoms with E-state index in [1.165, 1.54) is 34.7 Å². The lowest BCUT2D eigenvalue weighted by atomic mass is 10.3. The highest BCUT2D eigenvalue weighted by molar-refractivity contribution is 7.58. The van der Waals surface area contributed by atoms with Crippen molar-refractivity contribution in [1.82, 2.24) is 0 Å². The van der Waals surface area contributed by atoms with Gasteiger partial charge in [0.2, 0.25) is 0 Å². The Morgan fingerprint density at radius 3 is 2.05 bits per heavy atom. The van der Waals surface area contributed by atoms with Crippen LogP contribution < -0.4 is 0 Å². The Morgan fingerprint density at radius 2 is 1.68 bits per heavy atom. The van der Waals surface area contributed by atoms with Crippen LogP contribution in [0.3, 0.4) is 0 Å². The highest BCUT2D eigenvalue weighted by Gasteiger charge is 2.43. The van der Waals surface area contributed by atoms with Crippen LogP contribution in [0.25, 0.3) is 0 Å². The zero-order valence-electron chi connectivity index (χ0n) is 11.3. The summed E-state index contributed by atoms with van der Waals surface area (Å²) in [6.45, 7) is 0. The van der Waals surface area contributed by atoms with Crippen LogP contribution in [0.5, 0.6) is 0 Å². The van der Waals surface area contributed by atoms with Crippen molar-refractivity contribution in [2.45, 2.75) is 5.66 Å². The molecule has 0 aliphatic rings. The molecular formula is C10H18O7P2. The van der Waals surface area contributed by atoms with Crippen LogP contribution >= 0.6 is 15.2 Å². The Hall–Kier alpha value is -0.420. The fourth-order valence-corrected chi connectivity index (χ4v) is 5.16. The Bertz CT molecular complexity index is 454. The average Bonchev–Trinajstić information content (AvgIpc) is 2.97. The Kier molecular flexibility index (Phi) is 5.99. The first-order valence-corrected chi connectivity index (χ1v) is 8.73. The van der Waals surface area contributed by atoms with Gasteiger partial charge in [-0.05, 0) is 12.1 Å². The van der Waals surface area contributed by atoms with Gasteiger partial charge < -0.3 is 22.5 Å². The Labute approximate surface area is 112 Å². The number of hydrogen-bond acceptors (Lipinski definition) is 7. The van der Waals surface area contributed by atoms with Gasteiger partial charge in [0, 0.05) is 28.4 Å². The van der Waals surface area contributed by atoms with Crippen LogP contribution in [-0.2, 0) is 27.2 Å². The minimum Gasteiger partial charge on any atom is -0.468 e. The molecule has 0 spiro atoms. The average molecular weight is 312 g/mol. The fraction of sp³-hybridized carbons (Fsp3) is 0.600. The molecule has 1 atom stereocenters. The normalized spacial score (nSPS) is 14.5. The molecule has 1 aromatic heterocycles. The molecule has 1 aromatic rings. The molecule has 0 radical (unpaired) electrons. The van der Waals surface area contributed by atoms with Crippen molar-refractivity contribution in [1.29, 1.82) is 0 Å². The van der Waals surface area contributed by atoms with Crippen LogP contribution in [0.15, 0.2) is 22.8 Å². The third-order valence-corrected chi connectivity index (χ3v) is 7.15. The molecule has 1 heterocycles. The van der Waals surface area contributed by atoms with Gasteiger partial charge in [-0.3, -0.25) is 9.13 Å². The maximum Gasteiger partial charge on any atom is 0.341 e. The summed E-state index contributed by atoms with van der Waals surface area (Å²) in [5.74, 6) is 0.335. The van der Waals surface area contributed by atoms with Gasteiger partial charge in [-0.25, -0.2) is 0 Å². The van der Waals surface area contributed by atoms with E-state index in [0.29, 0.717) is 5.76 Å². The first kappa shape index (κ1) is 16.6.